The molecule has 0 aromatic carbocycles. The lowest BCUT2D eigenvalue weighted by Gasteiger charge is -2.05. The summed E-state index contributed by atoms with van der Waals surface area (Å²) in [6.45, 7) is 2.07. The molecular weight excluding hydrogens is 160 g/mol. The van der Waals surface area contributed by atoms with Crippen LogP contribution in [0, 0.1) is 0 Å². The Morgan fingerprint density at radius 3 is 3.00 bits per heavy atom. The van der Waals surface area contributed by atoms with Gasteiger partial charge in [-0.3, -0.25) is 4.79 Å². The molecule has 0 radical (unpaired) electrons. The summed E-state index contributed by atoms with van der Waals surface area (Å²) in [5.41, 5.74) is 6.62. The summed E-state index contributed by atoms with van der Waals surface area (Å²) in [5, 5.41) is 1.79. The number of aromatic nitrogens is 1. The lowest BCUT2D eigenvalue weighted by atomic mass is 10.1. The highest BCUT2D eigenvalue weighted by Gasteiger charge is 2.05. The first-order valence-corrected chi connectivity index (χ1v) is 4.55. The minimum Gasteiger partial charge on any atom is -0.323 e. The van der Waals surface area contributed by atoms with Gasteiger partial charge in [-0.05, 0) is 6.42 Å². The van der Waals surface area contributed by atoms with Gasteiger partial charge in [0.15, 0.2) is 0 Å². The van der Waals surface area contributed by atoms with Gasteiger partial charge >= 0.3 is 4.87 Å². The maximum absolute atomic E-state index is 10.7. The Balaban J connectivity index is 2.68. The summed E-state index contributed by atoms with van der Waals surface area (Å²) in [6.07, 6.45) is 1.96. The molecule has 1 heterocycles. The van der Waals surface area contributed by atoms with Gasteiger partial charge in [-0.25, -0.2) is 0 Å². The Morgan fingerprint density at radius 2 is 2.55 bits per heavy atom. The molecule has 1 atom stereocenters. The average Bonchev–Trinajstić information content (AvgIpc) is 2.36. The van der Waals surface area contributed by atoms with Crippen molar-refractivity contribution in [2.75, 3.05) is 0 Å². The van der Waals surface area contributed by atoms with Crippen LogP contribution in [0.5, 0.6) is 0 Å². The third-order valence-corrected chi connectivity index (χ3v) is 2.23. The van der Waals surface area contributed by atoms with E-state index in [1.807, 2.05) is 0 Å². The Hall–Kier alpha value is -0.610. The van der Waals surface area contributed by atoms with Gasteiger partial charge in [0.25, 0.3) is 0 Å². The molecule has 1 unspecified atom stereocenters. The second-order valence-electron chi connectivity index (χ2n) is 2.50. The fourth-order valence-electron chi connectivity index (χ4n) is 0.940. The smallest absolute Gasteiger partial charge is 0.304 e. The number of hydrogen-bond donors (Lipinski definition) is 2. The zero-order valence-electron chi connectivity index (χ0n) is 6.46. The summed E-state index contributed by atoms with van der Waals surface area (Å²) < 4.78 is 0. The van der Waals surface area contributed by atoms with Crippen molar-refractivity contribution in [2.45, 2.75) is 25.8 Å². The van der Waals surface area contributed by atoms with Gasteiger partial charge in [0.1, 0.15) is 0 Å². The van der Waals surface area contributed by atoms with Gasteiger partial charge in [-0.1, -0.05) is 24.7 Å². The number of thiazole rings is 1. The van der Waals surface area contributed by atoms with Gasteiger partial charge < -0.3 is 10.7 Å². The second kappa shape index (κ2) is 3.69. The van der Waals surface area contributed by atoms with Crippen molar-refractivity contribution in [1.82, 2.24) is 4.98 Å². The molecule has 0 spiro atoms. The Bertz CT molecular complexity index is 265. The largest absolute Gasteiger partial charge is 0.323 e. The van der Waals surface area contributed by atoms with E-state index in [4.69, 9.17) is 5.73 Å². The number of nitrogens with two attached hydrogens (primary N) is 1. The maximum atomic E-state index is 10.7. The SMILES string of the molecule is CCCC(N)c1csc(=O)[nH]1. The molecule has 4 heteroatoms. The fraction of sp³-hybridized carbons (Fsp3) is 0.571. The first-order chi connectivity index (χ1) is 5.24. The van der Waals surface area contributed by atoms with Gasteiger partial charge in [0, 0.05) is 17.1 Å². The monoisotopic (exact) mass is 172 g/mol. The number of rotatable bonds is 3. The molecule has 0 amide bonds. The van der Waals surface area contributed by atoms with Gasteiger partial charge in [-0.15, -0.1) is 0 Å². The summed E-state index contributed by atoms with van der Waals surface area (Å²) in [4.78, 5) is 13.4. The molecule has 0 saturated carbocycles. The van der Waals surface area contributed by atoms with Gasteiger partial charge in [0.2, 0.25) is 0 Å². The second-order valence-corrected chi connectivity index (χ2v) is 3.34. The average molecular weight is 172 g/mol. The fourth-order valence-corrected chi connectivity index (χ4v) is 1.58. The van der Waals surface area contributed by atoms with Crippen molar-refractivity contribution in [2.24, 2.45) is 5.73 Å². The quantitative estimate of drug-likeness (QED) is 0.720. The molecule has 0 fully saturated rings. The van der Waals surface area contributed by atoms with E-state index in [9.17, 15) is 4.79 Å². The minimum absolute atomic E-state index is 0.000972. The van der Waals surface area contributed by atoms with Crippen LogP contribution in [0.1, 0.15) is 31.5 Å². The van der Waals surface area contributed by atoms with Crippen LogP contribution in [0.15, 0.2) is 10.2 Å². The Kier molecular flexibility index (Phi) is 2.84. The molecular formula is C7H12N2OS. The van der Waals surface area contributed by atoms with E-state index in [-0.39, 0.29) is 10.9 Å². The molecule has 3 N–H and O–H groups in total. The molecule has 0 saturated heterocycles. The maximum Gasteiger partial charge on any atom is 0.304 e. The minimum atomic E-state index is -0.0217. The topological polar surface area (TPSA) is 58.9 Å². The van der Waals surface area contributed by atoms with Crippen molar-refractivity contribution in [3.63, 3.8) is 0 Å². The normalized spacial score (nSPS) is 13.3. The highest BCUT2D eigenvalue weighted by Crippen LogP contribution is 2.12. The number of hydrogen-bond acceptors (Lipinski definition) is 3. The molecule has 62 valence electrons. The molecule has 3 nitrogen and oxygen atoms in total. The highest BCUT2D eigenvalue weighted by molar-refractivity contribution is 7.07. The molecule has 11 heavy (non-hydrogen) atoms. The highest BCUT2D eigenvalue weighted by atomic mass is 32.1. The van der Waals surface area contributed by atoms with Crippen molar-refractivity contribution < 1.29 is 0 Å². The van der Waals surface area contributed by atoms with Crippen LogP contribution in [0.4, 0.5) is 0 Å². The molecule has 1 aromatic rings. The van der Waals surface area contributed by atoms with Crippen molar-refractivity contribution in [3.05, 3.63) is 20.7 Å². The van der Waals surface area contributed by atoms with Crippen molar-refractivity contribution >= 4 is 11.3 Å². The van der Waals surface area contributed by atoms with E-state index < -0.39 is 0 Å². The van der Waals surface area contributed by atoms with E-state index in [1.165, 1.54) is 11.3 Å². The van der Waals surface area contributed by atoms with E-state index in [0.717, 1.165) is 18.5 Å². The summed E-state index contributed by atoms with van der Waals surface area (Å²) >= 11 is 1.17. The van der Waals surface area contributed by atoms with Crippen molar-refractivity contribution in [1.29, 1.82) is 0 Å². The van der Waals surface area contributed by atoms with Crippen molar-refractivity contribution in [3.8, 4) is 0 Å². The van der Waals surface area contributed by atoms with E-state index >= 15 is 0 Å². The number of nitrogens with one attached hydrogen (secondary N) is 1. The predicted molar refractivity (Wildman–Crippen MR) is 46.8 cm³/mol. The summed E-state index contributed by atoms with van der Waals surface area (Å²) in [6, 6.07) is -0.000972. The molecule has 1 aromatic heterocycles. The third-order valence-electron chi connectivity index (χ3n) is 1.54. The van der Waals surface area contributed by atoms with E-state index in [1.54, 1.807) is 5.38 Å². The predicted octanol–water partition coefficient (Wildman–Crippen LogP) is 1.24. The number of aromatic amines is 1. The van der Waals surface area contributed by atoms with E-state index in [0.29, 0.717) is 0 Å². The van der Waals surface area contributed by atoms with Crippen LogP contribution >= 0.6 is 11.3 Å². The molecule has 0 aliphatic heterocycles. The molecule has 1 rings (SSSR count). The lowest BCUT2D eigenvalue weighted by Crippen LogP contribution is -2.11. The van der Waals surface area contributed by atoms with Crippen LogP contribution in [0.3, 0.4) is 0 Å². The van der Waals surface area contributed by atoms with Crippen LogP contribution in [-0.4, -0.2) is 4.98 Å². The zero-order chi connectivity index (χ0) is 8.27. The molecule has 0 bridgehead atoms. The first kappa shape index (κ1) is 8.49. The summed E-state index contributed by atoms with van der Waals surface area (Å²) in [7, 11) is 0. The Morgan fingerprint density at radius 1 is 1.82 bits per heavy atom. The van der Waals surface area contributed by atoms with Crippen LogP contribution in [0.25, 0.3) is 0 Å². The third kappa shape index (κ3) is 2.17. The zero-order valence-corrected chi connectivity index (χ0v) is 7.28. The van der Waals surface area contributed by atoms with Crippen LogP contribution < -0.4 is 10.6 Å². The Labute approximate surface area is 69.3 Å². The van der Waals surface area contributed by atoms with Gasteiger partial charge in [-0.2, -0.15) is 0 Å². The summed E-state index contributed by atoms with van der Waals surface area (Å²) in [5.74, 6) is 0. The standard InChI is InChI=1S/C7H12N2OS/c1-2-3-5(8)6-4-11-7(10)9-6/h4-5H,2-3,8H2,1H3,(H,9,10). The van der Waals surface area contributed by atoms with Crippen LogP contribution in [0.2, 0.25) is 0 Å². The molecule has 0 aliphatic carbocycles. The van der Waals surface area contributed by atoms with E-state index in [2.05, 4.69) is 11.9 Å². The first-order valence-electron chi connectivity index (χ1n) is 3.67. The van der Waals surface area contributed by atoms with Gasteiger partial charge in [0.05, 0.1) is 0 Å². The van der Waals surface area contributed by atoms with Crippen LogP contribution in [-0.2, 0) is 0 Å². The molecule has 0 aliphatic rings. The number of H-pyrrole nitrogens is 1. The lowest BCUT2D eigenvalue weighted by molar-refractivity contribution is 0.624.